The molecule has 1 aromatic rings. The zero-order chi connectivity index (χ0) is 13.9. The van der Waals surface area contributed by atoms with Gasteiger partial charge in [0.15, 0.2) is 0 Å². The molecule has 0 amide bonds. The summed E-state index contributed by atoms with van der Waals surface area (Å²) in [5.41, 5.74) is 6.78. The van der Waals surface area contributed by atoms with E-state index in [1.165, 1.54) is 31.4 Å². The normalized spacial score (nSPS) is 10.9. The summed E-state index contributed by atoms with van der Waals surface area (Å²) in [6.07, 6.45) is 6.02. The SMILES string of the molecule is COc1ccccc1CCN(C)CCCCCCN. The van der Waals surface area contributed by atoms with Crippen LogP contribution in [0.15, 0.2) is 24.3 Å². The number of benzene rings is 1. The average Bonchev–Trinajstić information content (AvgIpc) is 2.45. The first-order valence-corrected chi connectivity index (χ1v) is 7.28. The molecule has 0 saturated carbocycles. The van der Waals surface area contributed by atoms with Crippen LogP contribution in [0.25, 0.3) is 0 Å². The molecule has 0 radical (unpaired) electrons. The molecule has 2 N–H and O–H groups in total. The molecule has 0 aromatic heterocycles. The van der Waals surface area contributed by atoms with Gasteiger partial charge in [0, 0.05) is 6.54 Å². The number of hydrogen-bond acceptors (Lipinski definition) is 3. The van der Waals surface area contributed by atoms with Gasteiger partial charge in [-0.2, -0.15) is 0 Å². The first-order chi connectivity index (χ1) is 9.27. The van der Waals surface area contributed by atoms with Crippen LogP contribution in [0.2, 0.25) is 0 Å². The van der Waals surface area contributed by atoms with Crippen LogP contribution >= 0.6 is 0 Å². The minimum absolute atomic E-state index is 0.823. The second kappa shape index (κ2) is 9.82. The highest BCUT2D eigenvalue weighted by molar-refractivity contribution is 5.33. The van der Waals surface area contributed by atoms with E-state index in [2.05, 4.69) is 24.1 Å². The molecule has 0 spiro atoms. The quantitative estimate of drug-likeness (QED) is 0.660. The third-order valence-corrected chi connectivity index (χ3v) is 3.45. The number of nitrogens with zero attached hydrogens (tertiary/aromatic N) is 1. The van der Waals surface area contributed by atoms with E-state index in [1.54, 1.807) is 7.11 Å². The first-order valence-electron chi connectivity index (χ1n) is 7.28. The Morgan fingerprint density at radius 1 is 1.05 bits per heavy atom. The predicted octanol–water partition coefficient (Wildman–Crippen LogP) is 2.69. The van der Waals surface area contributed by atoms with Crippen LogP contribution in [-0.4, -0.2) is 38.7 Å². The summed E-state index contributed by atoms with van der Waals surface area (Å²) in [4.78, 5) is 2.40. The van der Waals surface area contributed by atoms with Crippen LogP contribution in [0.4, 0.5) is 0 Å². The van der Waals surface area contributed by atoms with Gasteiger partial charge in [0.2, 0.25) is 0 Å². The van der Waals surface area contributed by atoms with E-state index in [0.29, 0.717) is 0 Å². The molecule has 0 aliphatic heterocycles. The van der Waals surface area contributed by atoms with Gasteiger partial charge in [0.1, 0.15) is 5.75 Å². The lowest BCUT2D eigenvalue weighted by Crippen LogP contribution is -2.22. The Bertz CT molecular complexity index is 341. The summed E-state index contributed by atoms with van der Waals surface area (Å²) in [7, 11) is 3.93. The summed E-state index contributed by atoms with van der Waals surface area (Å²) >= 11 is 0. The zero-order valence-corrected chi connectivity index (χ0v) is 12.4. The van der Waals surface area contributed by atoms with Gasteiger partial charge in [-0.15, -0.1) is 0 Å². The van der Waals surface area contributed by atoms with Crippen molar-refractivity contribution in [3.8, 4) is 5.75 Å². The molecule has 19 heavy (non-hydrogen) atoms. The maximum atomic E-state index is 5.49. The molecule has 1 rings (SSSR count). The lowest BCUT2D eigenvalue weighted by molar-refractivity contribution is 0.325. The van der Waals surface area contributed by atoms with Crippen LogP contribution in [0.3, 0.4) is 0 Å². The standard InChI is InChI=1S/C16H28N2O/c1-18(13-8-4-3-7-12-17)14-11-15-9-5-6-10-16(15)19-2/h5-6,9-10H,3-4,7-8,11-14,17H2,1-2H3. The van der Waals surface area contributed by atoms with Gasteiger partial charge in [-0.25, -0.2) is 0 Å². The number of methoxy groups -OCH3 is 1. The molecule has 3 nitrogen and oxygen atoms in total. The molecule has 0 aliphatic carbocycles. The summed E-state index contributed by atoms with van der Waals surface area (Å²) < 4.78 is 5.37. The molecule has 0 unspecified atom stereocenters. The van der Waals surface area contributed by atoms with E-state index in [-0.39, 0.29) is 0 Å². The van der Waals surface area contributed by atoms with Crippen molar-refractivity contribution < 1.29 is 4.74 Å². The summed E-state index contributed by atoms with van der Waals surface area (Å²) in [5.74, 6) is 0.999. The van der Waals surface area contributed by atoms with Crippen molar-refractivity contribution in [1.29, 1.82) is 0 Å². The fraction of sp³-hybridized carbons (Fsp3) is 0.625. The molecule has 0 aliphatic rings. The maximum absolute atomic E-state index is 5.49. The number of para-hydroxylation sites is 1. The number of likely N-dealkylation sites (N-methyl/N-ethyl adjacent to an activating group) is 1. The molecular weight excluding hydrogens is 236 g/mol. The molecule has 3 heteroatoms. The van der Waals surface area contributed by atoms with E-state index in [9.17, 15) is 0 Å². The Kier molecular flexibility index (Phi) is 8.26. The second-order valence-electron chi connectivity index (χ2n) is 5.07. The van der Waals surface area contributed by atoms with E-state index < -0.39 is 0 Å². The van der Waals surface area contributed by atoms with Crippen molar-refractivity contribution in [2.24, 2.45) is 5.73 Å². The summed E-state index contributed by atoms with van der Waals surface area (Å²) in [6, 6.07) is 8.27. The van der Waals surface area contributed by atoms with E-state index in [0.717, 1.165) is 31.7 Å². The highest BCUT2D eigenvalue weighted by atomic mass is 16.5. The molecule has 0 bridgehead atoms. The number of nitrogens with two attached hydrogens (primary N) is 1. The smallest absolute Gasteiger partial charge is 0.122 e. The van der Waals surface area contributed by atoms with Gasteiger partial charge < -0.3 is 15.4 Å². The van der Waals surface area contributed by atoms with Gasteiger partial charge in [0.05, 0.1) is 7.11 Å². The van der Waals surface area contributed by atoms with Crippen molar-refractivity contribution in [3.63, 3.8) is 0 Å². The lowest BCUT2D eigenvalue weighted by Gasteiger charge is -2.17. The van der Waals surface area contributed by atoms with Crippen LogP contribution in [0.5, 0.6) is 5.75 Å². The maximum Gasteiger partial charge on any atom is 0.122 e. The number of hydrogen-bond donors (Lipinski definition) is 1. The molecular formula is C16H28N2O. The third-order valence-electron chi connectivity index (χ3n) is 3.45. The van der Waals surface area contributed by atoms with Crippen molar-refractivity contribution >= 4 is 0 Å². The molecule has 0 saturated heterocycles. The average molecular weight is 264 g/mol. The Morgan fingerprint density at radius 2 is 1.79 bits per heavy atom. The Labute approximate surface area is 117 Å². The van der Waals surface area contributed by atoms with E-state index >= 15 is 0 Å². The second-order valence-corrected chi connectivity index (χ2v) is 5.07. The lowest BCUT2D eigenvalue weighted by atomic mass is 10.1. The number of ether oxygens (including phenoxy) is 1. The minimum atomic E-state index is 0.823. The first kappa shape index (κ1) is 16.0. The van der Waals surface area contributed by atoms with Gasteiger partial charge >= 0.3 is 0 Å². The third kappa shape index (κ3) is 6.60. The molecule has 1 aromatic carbocycles. The topological polar surface area (TPSA) is 38.5 Å². The minimum Gasteiger partial charge on any atom is -0.496 e. The Balaban J connectivity index is 2.20. The number of unbranched alkanes of at least 4 members (excludes halogenated alkanes) is 3. The predicted molar refractivity (Wildman–Crippen MR) is 81.7 cm³/mol. The van der Waals surface area contributed by atoms with Crippen LogP contribution in [0, 0.1) is 0 Å². The molecule has 0 heterocycles. The largest absolute Gasteiger partial charge is 0.496 e. The summed E-state index contributed by atoms with van der Waals surface area (Å²) in [6.45, 7) is 3.07. The molecule has 108 valence electrons. The Morgan fingerprint density at radius 3 is 2.53 bits per heavy atom. The number of rotatable bonds is 10. The van der Waals surface area contributed by atoms with Gasteiger partial charge in [0.25, 0.3) is 0 Å². The fourth-order valence-corrected chi connectivity index (χ4v) is 2.21. The van der Waals surface area contributed by atoms with Crippen molar-refractivity contribution in [3.05, 3.63) is 29.8 Å². The highest BCUT2D eigenvalue weighted by Gasteiger charge is 2.03. The van der Waals surface area contributed by atoms with Crippen molar-refractivity contribution in [2.45, 2.75) is 32.1 Å². The van der Waals surface area contributed by atoms with Crippen LogP contribution in [0.1, 0.15) is 31.2 Å². The highest BCUT2D eigenvalue weighted by Crippen LogP contribution is 2.17. The van der Waals surface area contributed by atoms with Crippen molar-refractivity contribution in [1.82, 2.24) is 4.90 Å². The zero-order valence-electron chi connectivity index (χ0n) is 12.4. The Hall–Kier alpha value is -1.06. The van der Waals surface area contributed by atoms with Crippen molar-refractivity contribution in [2.75, 3.05) is 33.8 Å². The van der Waals surface area contributed by atoms with Crippen LogP contribution in [-0.2, 0) is 6.42 Å². The van der Waals surface area contributed by atoms with Gasteiger partial charge in [-0.05, 0) is 51.0 Å². The van der Waals surface area contributed by atoms with Gasteiger partial charge in [-0.1, -0.05) is 31.0 Å². The van der Waals surface area contributed by atoms with E-state index in [1.807, 2.05) is 12.1 Å². The molecule has 0 atom stereocenters. The van der Waals surface area contributed by atoms with E-state index in [4.69, 9.17) is 10.5 Å². The van der Waals surface area contributed by atoms with Crippen LogP contribution < -0.4 is 10.5 Å². The summed E-state index contributed by atoms with van der Waals surface area (Å²) in [5, 5.41) is 0. The monoisotopic (exact) mass is 264 g/mol. The van der Waals surface area contributed by atoms with Gasteiger partial charge in [-0.3, -0.25) is 0 Å². The fourth-order valence-electron chi connectivity index (χ4n) is 2.21. The molecule has 0 fully saturated rings.